The summed E-state index contributed by atoms with van der Waals surface area (Å²) in [6, 6.07) is 3.20. The van der Waals surface area contributed by atoms with Crippen LogP contribution in [0.4, 0.5) is 4.39 Å². The third-order valence-corrected chi connectivity index (χ3v) is 8.38. The Labute approximate surface area is 210 Å². The number of fused-ring (bicyclic) bond motifs is 1. The molecule has 4 saturated carbocycles. The predicted molar refractivity (Wildman–Crippen MR) is 135 cm³/mol. The highest BCUT2D eigenvalue weighted by Crippen LogP contribution is 2.60. The van der Waals surface area contributed by atoms with E-state index in [1.54, 1.807) is 12.3 Å². The van der Waals surface area contributed by atoms with E-state index in [1.165, 1.54) is 31.3 Å². The summed E-state index contributed by atoms with van der Waals surface area (Å²) in [5.74, 6) is 2.04. The Morgan fingerprint density at radius 3 is 2.50 bits per heavy atom. The molecule has 0 unspecified atom stereocenters. The van der Waals surface area contributed by atoms with Crippen molar-refractivity contribution in [2.75, 3.05) is 6.54 Å². The van der Waals surface area contributed by atoms with Gasteiger partial charge in [-0.1, -0.05) is 13.3 Å². The fourth-order valence-corrected chi connectivity index (χ4v) is 5.64. The van der Waals surface area contributed by atoms with Crippen LogP contribution >= 0.6 is 0 Å². The fraction of sp³-hybridized carbons (Fsp3) is 0.483. The van der Waals surface area contributed by atoms with E-state index >= 15 is 4.39 Å². The molecule has 4 aliphatic rings. The van der Waals surface area contributed by atoms with Crippen molar-refractivity contribution >= 4 is 22.6 Å². The molecular formula is C29H31FN4O2. The van der Waals surface area contributed by atoms with Crippen LogP contribution in [-0.4, -0.2) is 33.2 Å². The van der Waals surface area contributed by atoms with Crippen LogP contribution in [0.15, 0.2) is 30.7 Å². The summed E-state index contributed by atoms with van der Waals surface area (Å²) >= 11 is 0. The Hall–Kier alpha value is -3.22. The van der Waals surface area contributed by atoms with Crippen molar-refractivity contribution < 1.29 is 14.0 Å². The van der Waals surface area contributed by atoms with E-state index in [9.17, 15) is 9.59 Å². The molecule has 0 radical (unpaired) electrons. The highest BCUT2D eigenvalue weighted by Gasteiger charge is 2.52. The topological polar surface area (TPSA) is 84.8 Å². The number of rotatable bonds is 10. The minimum atomic E-state index is -0.445. The zero-order chi connectivity index (χ0) is 24.8. The lowest BCUT2D eigenvalue weighted by molar-refractivity contribution is -0.0793. The molecule has 36 heavy (non-hydrogen) atoms. The quantitative estimate of drug-likeness (QED) is 0.300. The summed E-state index contributed by atoms with van der Waals surface area (Å²) in [6.07, 6.45) is 12.6. The Balaban J connectivity index is 1.35. The van der Waals surface area contributed by atoms with E-state index in [0.717, 1.165) is 54.9 Å². The summed E-state index contributed by atoms with van der Waals surface area (Å²) in [6.45, 7) is 2.64. The number of hydrogen-bond acceptors (Lipinski definition) is 5. The van der Waals surface area contributed by atoms with Crippen molar-refractivity contribution in [1.29, 1.82) is 0 Å². The van der Waals surface area contributed by atoms with Gasteiger partial charge >= 0.3 is 0 Å². The van der Waals surface area contributed by atoms with Gasteiger partial charge in [-0.15, -0.1) is 0 Å². The van der Waals surface area contributed by atoms with Crippen LogP contribution in [0.2, 0.25) is 0 Å². The monoisotopic (exact) mass is 486 g/mol. The van der Waals surface area contributed by atoms with Crippen molar-refractivity contribution in [3.63, 3.8) is 0 Å². The lowest BCUT2D eigenvalue weighted by Gasteiger charge is -2.58. The Kier molecular flexibility index (Phi) is 6.02. The van der Waals surface area contributed by atoms with Crippen LogP contribution in [0.1, 0.15) is 78.3 Å². The summed E-state index contributed by atoms with van der Waals surface area (Å²) in [4.78, 5) is 38.5. The molecule has 186 valence electrons. The highest BCUT2D eigenvalue weighted by molar-refractivity contribution is 6.02. The van der Waals surface area contributed by atoms with Gasteiger partial charge in [0.2, 0.25) is 0 Å². The largest absolute Gasteiger partial charge is 0.351 e. The number of pyridine rings is 1. The zero-order valence-electron chi connectivity index (χ0n) is 20.6. The number of nitrogens with zero attached hydrogens (tertiary/aromatic N) is 3. The molecule has 2 aromatic heterocycles. The van der Waals surface area contributed by atoms with Crippen LogP contribution in [0.25, 0.3) is 22.2 Å². The average Bonchev–Trinajstić information content (AvgIpc) is 3.64. The molecule has 7 heteroatoms. The first kappa shape index (κ1) is 23.2. The lowest BCUT2D eigenvalue weighted by atomic mass is 9.47. The summed E-state index contributed by atoms with van der Waals surface area (Å²) < 4.78 is 15.2. The first-order chi connectivity index (χ1) is 17.5. The number of ketones is 1. The Bertz CT molecular complexity index is 1320. The Morgan fingerprint density at radius 1 is 1.06 bits per heavy atom. The van der Waals surface area contributed by atoms with Gasteiger partial charge in [-0.3, -0.25) is 19.6 Å². The number of halogens is 1. The van der Waals surface area contributed by atoms with Gasteiger partial charge < -0.3 is 5.32 Å². The second-order valence-electron chi connectivity index (χ2n) is 10.8. The molecular weight excluding hydrogens is 455 g/mol. The van der Waals surface area contributed by atoms with Crippen LogP contribution in [-0.2, 0) is 6.42 Å². The van der Waals surface area contributed by atoms with E-state index in [-0.39, 0.29) is 17.4 Å². The number of amides is 1. The third kappa shape index (κ3) is 4.29. The van der Waals surface area contributed by atoms with Gasteiger partial charge in [-0.2, -0.15) is 0 Å². The first-order valence-electron chi connectivity index (χ1n) is 13.3. The number of unbranched alkanes of at least 4 members (excludes halogenated alkanes) is 1. The number of carbonyl (C=O) groups excluding carboxylic acids is 2. The third-order valence-electron chi connectivity index (χ3n) is 8.38. The molecule has 7 rings (SSSR count). The first-order valence-corrected chi connectivity index (χ1v) is 13.3. The van der Waals surface area contributed by atoms with Crippen LogP contribution in [0, 0.1) is 29.5 Å². The number of Topliss-reactive ketones (excluding diaryl/α,β-unsaturated/α-hetero) is 1. The second kappa shape index (κ2) is 9.34. The number of nitrogens with one attached hydrogen (secondary N) is 1. The van der Waals surface area contributed by atoms with Gasteiger partial charge in [0.25, 0.3) is 5.91 Å². The van der Waals surface area contributed by atoms with E-state index < -0.39 is 5.82 Å². The molecule has 0 atom stereocenters. The van der Waals surface area contributed by atoms with Gasteiger partial charge in [0.1, 0.15) is 11.5 Å². The summed E-state index contributed by atoms with van der Waals surface area (Å²) in [5.41, 5.74) is 3.13. The molecule has 4 aliphatic carbocycles. The van der Waals surface area contributed by atoms with Crippen molar-refractivity contribution in [2.45, 2.75) is 58.3 Å². The molecule has 1 N–H and O–H groups in total. The molecule has 1 aromatic carbocycles. The normalized spacial score (nSPS) is 22.1. The molecule has 1 amide bonds. The number of carbonyl (C=O) groups is 2. The fourth-order valence-electron chi connectivity index (χ4n) is 5.64. The van der Waals surface area contributed by atoms with Gasteiger partial charge in [0, 0.05) is 41.7 Å². The lowest BCUT2D eigenvalue weighted by Crippen LogP contribution is -2.51. The maximum atomic E-state index is 15.2. The van der Waals surface area contributed by atoms with Crippen molar-refractivity contribution in [2.24, 2.45) is 23.7 Å². The molecule has 6 nitrogen and oxygen atoms in total. The highest BCUT2D eigenvalue weighted by atomic mass is 19.1. The summed E-state index contributed by atoms with van der Waals surface area (Å²) in [5, 5.41) is 3.64. The second-order valence-corrected chi connectivity index (χ2v) is 10.8. The maximum Gasteiger partial charge on any atom is 0.271 e. The smallest absolute Gasteiger partial charge is 0.271 e. The molecule has 2 bridgehead atoms. The van der Waals surface area contributed by atoms with Gasteiger partial charge in [-0.25, -0.2) is 9.37 Å². The van der Waals surface area contributed by atoms with E-state index in [0.29, 0.717) is 47.1 Å². The van der Waals surface area contributed by atoms with E-state index in [4.69, 9.17) is 0 Å². The SMILES string of the molecule is CCCCNC(=O)c1cnc(-c2cc3c(CC4C5CC4C5)c(C(=O)CC4CC4)cnc3cc2F)cn1. The zero-order valence-corrected chi connectivity index (χ0v) is 20.6. The minimum Gasteiger partial charge on any atom is -0.351 e. The van der Waals surface area contributed by atoms with E-state index in [2.05, 4.69) is 27.2 Å². The predicted octanol–water partition coefficient (Wildman–Crippen LogP) is 5.54. The molecule has 0 spiro atoms. The van der Waals surface area contributed by atoms with Gasteiger partial charge in [0.15, 0.2) is 5.78 Å². The van der Waals surface area contributed by atoms with Crippen molar-refractivity contribution in [1.82, 2.24) is 20.3 Å². The Morgan fingerprint density at radius 2 is 1.86 bits per heavy atom. The molecule has 0 aliphatic heterocycles. The van der Waals surface area contributed by atoms with Gasteiger partial charge in [0.05, 0.1) is 23.6 Å². The molecule has 0 saturated heterocycles. The number of benzene rings is 1. The van der Waals surface area contributed by atoms with Crippen molar-refractivity contribution in [3.05, 3.63) is 53.4 Å². The summed E-state index contributed by atoms with van der Waals surface area (Å²) in [7, 11) is 0. The average molecular weight is 487 g/mol. The maximum absolute atomic E-state index is 15.2. The standard InChI is InChI=1S/C29H31FN4O2/c1-2-3-6-31-29(36)27-15-33-26(14-34-27)22-11-21-20(10-19-17-8-18(19)9-17)23(28(35)7-16-4-5-16)13-32-25(21)12-24(22)30/h11-19H,2-10H2,1H3,(H,31,36). The molecule has 2 heterocycles. The van der Waals surface area contributed by atoms with Crippen molar-refractivity contribution in [3.8, 4) is 11.3 Å². The minimum absolute atomic E-state index is 0.152. The number of aromatic nitrogens is 3. The number of hydrogen-bond donors (Lipinski definition) is 1. The van der Waals surface area contributed by atoms with Crippen LogP contribution in [0.3, 0.4) is 0 Å². The molecule has 4 fully saturated rings. The van der Waals surface area contributed by atoms with Gasteiger partial charge in [-0.05, 0) is 73.8 Å². The van der Waals surface area contributed by atoms with E-state index in [1.807, 2.05) is 0 Å². The molecule has 3 aromatic rings. The van der Waals surface area contributed by atoms with Crippen LogP contribution in [0.5, 0.6) is 0 Å². The van der Waals surface area contributed by atoms with Crippen LogP contribution < -0.4 is 5.32 Å².